The van der Waals surface area contributed by atoms with Gasteiger partial charge < -0.3 is 10.5 Å². The number of ether oxygens (including phenoxy) is 1. The van der Waals surface area contributed by atoms with Gasteiger partial charge in [0.05, 0.1) is 10.5 Å². The normalized spacial score (nSPS) is 30.0. The van der Waals surface area contributed by atoms with Gasteiger partial charge in [0.15, 0.2) is 0 Å². The molecule has 0 aliphatic carbocycles. The molecule has 0 aromatic heterocycles. The van der Waals surface area contributed by atoms with E-state index in [-0.39, 0.29) is 21.4 Å². The van der Waals surface area contributed by atoms with Crippen LogP contribution in [0.2, 0.25) is 0 Å². The summed E-state index contributed by atoms with van der Waals surface area (Å²) < 4.78 is 33.6. The van der Waals surface area contributed by atoms with Crippen molar-refractivity contribution in [2.45, 2.75) is 35.0 Å². The highest BCUT2D eigenvalue weighted by Crippen LogP contribution is 2.44. The largest absolute Gasteiger partial charge is 0.399 e. The van der Waals surface area contributed by atoms with Crippen molar-refractivity contribution in [1.29, 1.82) is 0 Å². The van der Waals surface area contributed by atoms with E-state index in [0.29, 0.717) is 6.61 Å². The number of benzene rings is 1. The third kappa shape index (κ3) is 2.92. The molecule has 1 spiro atoms. The van der Waals surface area contributed by atoms with Crippen molar-refractivity contribution in [1.82, 2.24) is 0 Å². The number of halogens is 2. The van der Waals surface area contributed by atoms with Gasteiger partial charge in [-0.2, -0.15) is 11.8 Å². The SMILES string of the molecule is Nc1cc(F)c(SC2CCOC3(CCSC3)C2)c(F)c1. The first-order valence-electron chi connectivity index (χ1n) is 6.71. The molecule has 2 N–H and O–H groups in total. The molecule has 2 heterocycles. The maximum absolute atomic E-state index is 13.9. The van der Waals surface area contributed by atoms with Gasteiger partial charge >= 0.3 is 0 Å². The molecule has 3 rings (SSSR count). The van der Waals surface area contributed by atoms with Gasteiger partial charge in [0.2, 0.25) is 0 Å². The lowest BCUT2D eigenvalue weighted by Crippen LogP contribution is -2.40. The van der Waals surface area contributed by atoms with E-state index in [0.717, 1.165) is 30.8 Å². The van der Waals surface area contributed by atoms with Gasteiger partial charge in [-0.15, -0.1) is 11.8 Å². The Kier molecular flexibility index (Phi) is 4.15. The first-order chi connectivity index (χ1) is 9.58. The van der Waals surface area contributed by atoms with E-state index in [1.807, 2.05) is 11.8 Å². The van der Waals surface area contributed by atoms with Crippen LogP contribution in [0.3, 0.4) is 0 Å². The van der Waals surface area contributed by atoms with Crippen LogP contribution in [0.4, 0.5) is 14.5 Å². The molecule has 6 heteroatoms. The van der Waals surface area contributed by atoms with E-state index >= 15 is 0 Å². The lowest BCUT2D eigenvalue weighted by Gasteiger charge is -2.37. The molecule has 2 aliphatic rings. The summed E-state index contributed by atoms with van der Waals surface area (Å²) in [5, 5.41) is 0.204. The highest BCUT2D eigenvalue weighted by atomic mass is 32.2. The Hall–Kier alpha value is -0.460. The Bertz CT molecular complexity index is 483. The van der Waals surface area contributed by atoms with Crippen molar-refractivity contribution < 1.29 is 13.5 Å². The Morgan fingerprint density at radius 3 is 2.75 bits per heavy atom. The van der Waals surface area contributed by atoms with Crippen LogP contribution in [0, 0.1) is 11.6 Å². The summed E-state index contributed by atoms with van der Waals surface area (Å²) in [5.74, 6) is 0.987. The van der Waals surface area contributed by atoms with Crippen LogP contribution >= 0.6 is 23.5 Å². The summed E-state index contributed by atoms with van der Waals surface area (Å²) in [6, 6.07) is 2.37. The van der Waals surface area contributed by atoms with Crippen molar-refractivity contribution in [3.63, 3.8) is 0 Å². The number of hydrogen-bond donors (Lipinski definition) is 1. The van der Waals surface area contributed by atoms with Crippen LogP contribution in [0.5, 0.6) is 0 Å². The summed E-state index contributed by atoms with van der Waals surface area (Å²) in [6.07, 6.45) is 2.75. The number of hydrogen-bond acceptors (Lipinski definition) is 4. The average molecular weight is 317 g/mol. The molecule has 1 aromatic rings. The van der Waals surface area contributed by atoms with E-state index in [2.05, 4.69) is 0 Å². The molecule has 0 bridgehead atoms. The molecule has 20 heavy (non-hydrogen) atoms. The standard InChI is InChI=1S/C14H17F2NOS2/c15-11-5-9(17)6-12(16)13(11)20-10-1-3-18-14(7-10)2-4-19-8-14/h5-6,10H,1-4,7-8,17H2. The maximum atomic E-state index is 13.9. The van der Waals surface area contributed by atoms with E-state index in [1.165, 1.54) is 23.9 Å². The lowest BCUT2D eigenvalue weighted by molar-refractivity contribution is -0.0562. The number of nitrogen functional groups attached to an aromatic ring is 1. The molecular weight excluding hydrogens is 300 g/mol. The average Bonchev–Trinajstić information content (AvgIpc) is 2.82. The second kappa shape index (κ2) is 5.73. The van der Waals surface area contributed by atoms with E-state index in [1.54, 1.807) is 0 Å². The minimum atomic E-state index is -0.561. The minimum Gasteiger partial charge on any atom is -0.399 e. The van der Waals surface area contributed by atoms with Crippen LogP contribution in [0.25, 0.3) is 0 Å². The van der Waals surface area contributed by atoms with Gasteiger partial charge in [0, 0.05) is 23.3 Å². The Morgan fingerprint density at radius 1 is 1.35 bits per heavy atom. The zero-order valence-corrected chi connectivity index (χ0v) is 12.7. The zero-order chi connectivity index (χ0) is 14.2. The number of thioether (sulfide) groups is 2. The second-order valence-corrected chi connectivity index (χ2v) is 7.80. The van der Waals surface area contributed by atoms with Crippen molar-refractivity contribution >= 4 is 29.2 Å². The fourth-order valence-corrected chi connectivity index (χ4v) is 5.46. The fourth-order valence-electron chi connectivity index (χ4n) is 2.81. The molecule has 110 valence electrons. The summed E-state index contributed by atoms with van der Waals surface area (Å²) >= 11 is 3.19. The predicted molar refractivity (Wildman–Crippen MR) is 80.3 cm³/mol. The highest BCUT2D eigenvalue weighted by Gasteiger charge is 2.41. The first-order valence-corrected chi connectivity index (χ1v) is 8.74. The summed E-state index contributed by atoms with van der Waals surface area (Å²) in [5.41, 5.74) is 5.50. The van der Waals surface area contributed by atoms with Gasteiger partial charge in [-0.05, 0) is 37.1 Å². The van der Waals surface area contributed by atoms with Gasteiger partial charge in [-0.25, -0.2) is 8.78 Å². The molecule has 2 aliphatic heterocycles. The highest BCUT2D eigenvalue weighted by molar-refractivity contribution is 8.00. The molecule has 0 amide bonds. The van der Waals surface area contributed by atoms with Crippen LogP contribution < -0.4 is 5.73 Å². The van der Waals surface area contributed by atoms with Gasteiger partial charge in [-0.3, -0.25) is 0 Å². The molecule has 0 saturated carbocycles. The van der Waals surface area contributed by atoms with Crippen LogP contribution in [-0.4, -0.2) is 29.0 Å². The predicted octanol–water partition coefficient (Wildman–Crippen LogP) is 3.69. The second-order valence-electron chi connectivity index (χ2n) is 5.38. The zero-order valence-electron chi connectivity index (χ0n) is 11.0. The van der Waals surface area contributed by atoms with Crippen LogP contribution in [0.15, 0.2) is 17.0 Å². The topological polar surface area (TPSA) is 35.2 Å². The van der Waals surface area contributed by atoms with Crippen LogP contribution in [0.1, 0.15) is 19.3 Å². The first kappa shape index (κ1) is 14.5. The monoisotopic (exact) mass is 317 g/mol. The molecule has 2 saturated heterocycles. The third-order valence-corrected chi connectivity index (χ3v) is 6.40. The molecule has 1 aromatic carbocycles. The van der Waals surface area contributed by atoms with Gasteiger partial charge in [0.25, 0.3) is 0 Å². The Labute approximate surface area is 125 Å². The molecule has 2 atom stereocenters. The van der Waals surface area contributed by atoms with E-state index in [4.69, 9.17) is 10.5 Å². The Morgan fingerprint density at radius 2 is 2.10 bits per heavy atom. The number of anilines is 1. The maximum Gasteiger partial charge on any atom is 0.141 e. The lowest BCUT2D eigenvalue weighted by atomic mass is 9.93. The molecule has 2 fully saturated rings. The quantitative estimate of drug-likeness (QED) is 0.844. The summed E-state index contributed by atoms with van der Waals surface area (Å²) in [4.78, 5) is 0.0897. The van der Waals surface area contributed by atoms with Crippen molar-refractivity contribution in [2.24, 2.45) is 0 Å². The fraction of sp³-hybridized carbons (Fsp3) is 0.571. The minimum absolute atomic E-state index is 0.0681. The smallest absolute Gasteiger partial charge is 0.141 e. The van der Waals surface area contributed by atoms with Crippen LogP contribution in [-0.2, 0) is 4.74 Å². The van der Waals surface area contributed by atoms with Crippen molar-refractivity contribution in [3.05, 3.63) is 23.8 Å². The molecule has 2 unspecified atom stereocenters. The van der Waals surface area contributed by atoms with E-state index < -0.39 is 11.6 Å². The van der Waals surface area contributed by atoms with Crippen molar-refractivity contribution in [3.8, 4) is 0 Å². The molecule has 2 nitrogen and oxygen atoms in total. The van der Waals surface area contributed by atoms with E-state index in [9.17, 15) is 8.78 Å². The van der Waals surface area contributed by atoms with Gasteiger partial charge in [-0.1, -0.05) is 0 Å². The molecular formula is C14H17F2NOS2. The van der Waals surface area contributed by atoms with Crippen molar-refractivity contribution in [2.75, 3.05) is 23.8 Å². The molecule has 0 radical (unpaired) electrons. The summed E-state index contributed by atoms with van der Waals surface area (Å²) in [6.45, 7) is 0.677. The number of nitrogens with two attached hydrogens (primary N) is 1. The third-order valence-electron chi connectivity index (χ3n) is 3.82. The number of rotatable bonds is 2. The Balaban J connectivity index is 1.74. The van der Waals surface area contributed by atoms with Gasteiger partial charge in [0.1, 0.15) is 11.6 Å². The summed E-state index contributed by atoms with van der Waals surface area (Å²) in [7, 11) is 0.